The maximum absolute atomic E-state index is 11.0. The fourth-order valence-electron chi connectivity index (χ4n) is 2.21. The molecule has 0 atom stereocenters. The van der Waals surface area contributed by atoms with Gasteiger partial charge in [-0.15, -0.1) is 0 Å². The number of fused-ring (bicyclic) bond motifs is 1. The molecule has 0 bridgehead atoms. The quantitative estimate of drug-likeness (QED) is 0.762. The third kappa shape index (κ3) is 1.87. The van der Waals surface area contributed by atoms with Crippen molar-refractivity contribution in [1.82, 2.24) is 9.38 Å². The Balaban J connectivity index is 2.25. The van der Waals surface area contributed by atoms with Crippen LogP contribution in [-0.4, -0.2) is 20.5 Å². The molecule has 4 nitrogen and oxygen atoms in total. The predicted molar refractivity (Wildman–Crippen MR) is 72.3 cm³/mol. The average Bonchev–Trinajstić information content (AvgIpc) is 2.84. The van der Waals surface area contributed by atoms with Crippen LogP contribution in [0.15, 0.2) is 48.7 Å². The molecule has 94 valence electrons. The number of hydrogen-bond donors (Lipinski definition) is 1. The molecule has 0 radical (unpaired) electrons. The molecule has 0 fully saturated rings. The van der Waals surface area contributed by atoms with E-state index >= 15 is 0 Å². The Morgan fingerprint density at radius 2 is 2.00 bits per heavy atom. The Hall–Kier alpha value is -2.62. The van der Waals surface area contributed by atoms with Gasteiger partial charge in [-0.25, -0.2) is 9.78 Å². The number of aromatic carboxylic acids is 1. The van der Waals surface area contributed by atoms with Crippen molar-refractivity contribution in [3.8, 4) is 11.4 Å². The van der Waals surface area contributed by atoms with E-state index in [2.05, 4.69) is 4.98 Å². The first kappa shape index (κ1) is 11.5. The summed E-state index contributed by atoms with van der Waals surface area (Å²) in [5, 5.41) is 9.05. The minimum absolute atomic E-state index is 0.267. The zero-order chi connectivity index (χ0) is 13.4. The van der Waals surface area contributed by atoms with Crippen LogP contribution < -0.4 is 0 Å². The van der Waals surface area contributed by atoms with Crippen LogP contribution in [0.25, 0.3) is 16.9 Å². The van der Waals surface area contributed by atoms with Crippen LogP contribution in [0.5, 0.6) is 0 Å². The van der Waals surface area contributed by atoms with Gasteiger partial charge in [-0.3, -0.25) is 4.40 Å². The Bertz CT molecular complexity index is 775. The van der Waals surface area contributed by atoms with Crippen molar-refractivity contribution in [1.29, 1.82) is 0 Å². The molecule has 2 heterocycles. The molecule has 0 aliphatic heterocycles. The Labute approximate surface area is 110 Å². The number of pyridine rings is 1. The van der Waals surface area contributed by atoms with Gasteiger partial charge in [-0.1, -0.05) is 18.2 Å². The first-order valence-corrected chi connectivity index (χ1v) is 5.93. The molecule has 1 aromatic carbocycles. The lowest BCUT2D eigenvalue weighted by molar-refractivity contribution is 0.0697. The highest BCUT2D eigenvalue weighted by Crippen LogP contribution is 2.22. The second kappa shape index (κ2) is 4.24. The van der Waals surface area contributed by atoms with E-state index in [1.54, 1.807) is 24.4 Å². The molecular weight excluding hydrogens is 240 g/mol. The zero-order valence-corrected chi connectivity index (χ0v) is 10.4. The Morgan fingerprint density at radius 1 is 1.21 bits per heavy atom. The van der Waals surface area contributed by atoms with Crippen molar-refractivity contribution in [3.05, 3.63) is 59.9 Å². The minimum atomic E-state index is -0.931. The summed E-state index contributed by atoms with van der Waals surface area (Å²) in [7, 11) is 0. The van der Waals surface area contributed by atoms with Crippen LogP contribution in [0, 0.1) is 6.92 Å². The highest BCUT2D eigenvalue weighted by molar-refractivity contribution is 5.89. The largest absolute Gasteiger partial charge is 0.478 e. The Kier molecular flexibility index (Phi) is 2.56. The van der Waals surface area contributed by atoms with Gasteiger partial charge in [0.15, 0.2) is 0 Å². The standard InChI is InChI=1S/C15H12N2O2/c1-10-4-2-7-13-9-16-14(17(10)13)11-5-3-6-12(8-11)15(18)19/h2-9H,1H3,(H,18,19). The van der Waals surface area contributed by atoms with Gasteiger partial charge in [0.05, 0.1) is 17.3 Å². The molecule has 0 unspecified atom stereocenters. The van der Waals surface area contributed by atoms with Gasteiger partial charge in [0.1, 0.15) is 5.82 Å². The van der Waals surface area contributed by atoms with E-state index < -0.39 is 5.97 Å². The van der Waals surface area contributed by atoms with Gasteiger partial charge >= 0.3 is 5.97 Å². The smallest absolute Gasteiger partial charge is 0.335 e. The number of imidazole rings is 1. The molecule has 1 N–H and O–H groups in total. The molecule has 0 amide bonds. The van der Waals surface area contributed by atoms with Crippen molar-refractivity contribution in [3.63, 3.8) is 0 Å². The van der Waals surface area contributed by atoms with Crippen LogP contribution >= 0.6 is 0 Å². The van der Waals surface area contributed by atoms with E-state index in [9.17, 15) is 4.79 Å². The molecule has 2 aromatic heterocycles. The molecule has 19 heavy (non-hydrogen) atoms. The molecule has 4 heteroatoms. The highest BCUT2D eigenvalue weighted by Gasteiger charge is 2.10. The number of aromatic nitrogens is 2. The summed E-state index contributed by atoms with van der Waals surface area (Å²) in [4.78, 5) is 15.4. The van der Waals surface area contributed by atoms with Crippen LogP contribution in [-0.2, 0) is 0 Å². The number of benzene rings is 1. The van der Waals surface area contributed by atoms with E-state index in [0.29, 0.717) is 0 Å². The molecule has 0 aliphatic rings. The van der Waals surface area contributed by atoms with Gasteiger partial charge in [-0.2, -0.15) is 0 Å². The minimum Gasteiger partial charge on any atom is -0.478 e. The summed E-state index contributed by atoms with van der Waals surface area (Å²) in [5.74, 6) is -0.171. The van der Waals surface area contributed by atoms with Gasteiger partial charge in [0, 0.05) is 11.3 Å². The Morgan fingerprint density at radius 3 is 2.79 bits per heavy atom. The molecule has 3 rings (SSSR count). The van der Waals surface area contributed by atoms with Crippen molar-refractivity contribution >= 4 is 11.5 Å². The molecular formula is C15H12N2O2. The first-order chi connectivity index (χ1) is 9.16. The van der Waals surface area contributed by atoms with E-state index in [1.165, 1.54) is 0 Å². The average molecular weight is 252 g/mol. The number of rotatable bonds is 2. The lowest BCUT2D eigenvalue weighted by Crippen LogP contribution is -1.98. The second-order valence-corrected chi connectivity index (χ2v) is 4.40. The number of hydrogen-bond acceptors (Lipinski definition) is 2. The fourth-order valence-corrected chi connectivity index (χ4v) is 2.21. The van der Waals surface area contributed by atoms with E-state index in [1.807, 2.05) is 35.6 Å². The summed E-state index contributed by atoms with van der Waals surface area (Å²) in [6.45, 7) is 2.00. The van der Waals surface area contributed by atoms with Crippen molar-refractivity contribution in [2.24, 2.45) is 0 Å². The predicted octanol–water partition coefficient (Wildman–Crippen LogP) is 3.01. The summed E-state index contributed by atoms with van der Waals surface area (Å²) >= 11 is 0. The molecule has 0 aliphatic carbocycles. The molecule has 0 spiro atoms. The van der Waals surface area contributed by atoms with Gasteiger partial charge in [0.2, 0.25) is 0 Å². The highest BCUT2D eigenvalue weighted by atomic mass is 16.4. The number of nitrogens with zero attached hydrogens (tertiary/aromatic N) is 2. The van der Waals surface area contributed by atoms with Crippen molar-refractivity contribution < 1.29 is 9.90 Å². The van der Waals surface area contributed by atoms with E-state index in [4.69, 9.17) is 5.11 Å². The fraction of sp³-hybridized carbons (Fsp3) is 0.0667. The lowest BCUT2D eigenvalue weighted by Gasteiger charge is -2.05. The SMILES string of the molecule is Cc1cccc2cnc(-c3cccc(C(=O)O)c3)n12. The number of carboxylic acid groups (broad SMARTS) is 1. The van der Waals surface area contributed by atoms with Gasteiger partial charge < -0.3 is 5.11 Å². The van der Waals surface area contributed by atoms with Crippen LogP contribution in [0.1, 0.15) is 16.1 Å². The number of aryl methyl sites for hydroxylation is 1. The maximum atomic E-state index is 11.0. The third-order valence-electron chi connectivity index (χ3n) is 3.11. The maximum Gasteiger partial charge on any atom is 0.335 e. The summed E-state index contributed by atoms with van der Waals surface area (Å²) in [6.07, 6.45) is 1.79. The van der Waals surface area contributed by atoms with E-state index in [0.717, 1.165) is 22.6 Å². The summed E-state index contributed by atoms with van der Waals surface area (Å²) < 4.78 is 2.01. The second-order valence-electron chi connectivity index (χ2n) is 4.40. The molecule has 3 aromatic rings. The van der Waals surface area contributed by atoms with Gasteiger partial charge in [0.25, 0.3) is 0 Å². The zero-order valence-electron chi connectivity index (χ0n) is 10.4. The van der Waals surface area contributed by atoms with Crippen LogP contribution in [0.4, 0.5) is 0 Å². The summed E-state index contributed by atoms with van der Waals surface area (Å²) in [6, 6.07) is 12.8. The van der Waals surface area contributed by atoms with E-state index in [-0.39, 0.29) is 5.56 Å². The topological polar surface area (TPSA) is 54.6 Å². The third-order valence-corrected chi connectivity index (χ3v) is 3.11. The number of carboxylic acids is 1. The lowest BCUT2D eigenvalue weighted by atomic mass is 10.1. The van der Waals surface area contributed by atoms with Gasteiger partial charge in [-0.05, 0) is 31.2 Å². The number of carbonyl (C=O) groups is 1. The first-order valence-electron chi connectivity index (χ1n) is 5.93. The normalized spacial score (nSPS) is 10.8. The monoisotopic (exact) mass is 252 g/mol. The van der Waals surface area contributed by atoms with Crippen LogP contribution in [0.3, 0.4) is 0 Å². The summed E-state index contributed by atoms with van der Waals surface area (Å²) in [5.41, 5.74) is 3.12. The van der Waals surface area contributed by atoms with Crippen LogP contribution in [0.2, 0.25) is 0 Å². The molecule has 0 saturated heterocycles. The molecule has 0 saturated carbocycles. The van der Waals surface area contributed by atoms with Crippen molar-refractivity contribution in [2.75, 3.05) is 0 Å². The van der Waals surface area contributed by atoms with Crippen molar-refractivity contribution in [2.45, 2.75) is 6.92 Å².